The Morgan fingerprint density at radius 3 is 2.47 bits per heavy atom. The predicted octanol–water partition coefficient (Wildman–Crippen LogP) is 0.664. The van der Waals surface area contributed by atoms with Crippen LogP contribution in [0.5, 0.6) is 0 Å². The molecule has 1 aliphatic rings. The van der Waals surface area contributed by atoms with Crippen molar-refractivity contribution in [3.8, 4) is 0 Å². The second-order valence-corrected chi connectivity index (χ2v) is 7.60. The van der Waals surface area contributed by atoms with Gasteiger partial charge >= 0.3 is 12.0 Å². The van der Waals surface area contributed by atoms with Crippen molar-refractivity contribution >= 4 is 35.3 Å². The minimum Gasteiger partial charge on any atom is -0.548 e. The summed E-state index contributed by atoms with van der Waals surface area (Å²) in [5.41, 5.74) is 3.18. The second kappa shape index (κ2) is 11.7. The van der Waals surface area contributed by atoms with Gasteiger partial charge in [-0.15, -0.1) is 0 Å². The number of amides is 2. The number of morpholine rings is 1. The lowest BCUT2D eigenvalue weighted by Crippen LogP contribution is -2.57. The number of benzene rings is 1. The molecule has 1 fully saturated rings. The van der Waals surface area contributed by atoms with Gasteiger partial charge in [0.25, 0.3) is 0 Å². The van der Waals surface area contributed by atoms with E-state index >= 15 is 0 Å². The minimum absolute atomic E-state index is 0.0120. The average molecular weight is 448 g/mol. The number of rotatable bonds is 4. The van der Waals surface area contributed by atoms with Gasteiger partial charge in [-0.3, -0.25) is 0 Å². The fraction of sp³-hybridized carbons (Fsp3) is 0.526. The molecule has 4 N–H and O–H groups in total. The van der Waals surface area contributed by atoms with E-state index in [2.05, 4.69) is 24.9 Å². The van der Waals surface area contributed by atoms with Crippen LogP contribution in [0.25, 0.3) is 0 Å². The number of nitrogens with zero attached hydrogens (tertiary/aromatic N) is 1. The first-order valence-corrected chi connectivity index (χ1v) is 9.71. The number of halogens is 2. The number of hydrogen-bond donors (Lipinski definition) is 2. The SMILES string of the molecule is CC(C)OC(=O)c1cc(NC(=O)N2CCOCC2C(=O)[O-])c(F)cc1Cl.CC(C)[NH3+]. The maximum absolute atomic E-state index is 14.1. The number of anilines is 1. The lowest BCUT2D eigenvalue weighted by Gasteiger charge is -2.35. The number of quaternary nitrogens is 1. The third kappa shape index (κ3) is 7.77. The molecule has 9 nitrogen and oxygen atoms in total. The normalized spacial score (nSPS) is 16.0. The first-order valence-electron chi connectivity index (χ1n) is 9.33. The van der Waals surface area contributed by atoms with Gasteiger partial charge in [0.15, 0.2) is 0 Å². The average Bonchev–Trinajstić information content (AvgIpc) is 2.62. The lowest BCUT2D eigenvalue weighted by atomic mass is 10.2. The number of nitrogens with one attached hydrogen (secondary N) is 1. The van der Waals surface area contributed by atoms with E-state index in [1.54, 1.807) is 13.8 Å². The molecule has 0 saturated carbocycles. The van der Waals surface area contributed by atoms with Crippen LogP contribution < -0.4 is 16.2 Å². The van der Waals surface area contributed by atoms with Crippen LogP contribution in [-0.4, -0.2) is 60.8 Å². The van der Waals surface area contributed by atoms with Crippen LogP contribution in [0.3, 0.4) is 0 Å². The number of ether oxygens (including phenoxy) is 2. The molecular weight excluding hydrogens is 421 g/mol. The van der Waals surface area contributed by atoms with E-state index in [1.165, 1.54) is 0 Å². The van der Waals surface area contributed by atoms with E-state index in [-0.39, 0.29) is 36.0 Å². The number of urea groups is 1. The van der Waals surface area contributed by atoms with Crippen LogP contribution in [-0.2, 0) is 14.3 Å². The molecule has 168 valence electrons. The van der Waals surface area contributed by atoms with Crippen LogP contribution in [0, 0.1) is 5.82 Å². The number of aliphatic carboxylic acids is 1. The molecule has 1 heterocycles. The third-order valence-electron chi connectivity index (χ3n) is 3.52. The summed E-state index contributed by atoms with van der Waals surface area (Å²) in [5.74, 6) is -3.15. The van der Waals surface area contributed by atoms with Gasteiger partial charge < -0.3 is 35.3 Å². The first kappa shape index (κ1) is 25.6. The van der Waals surface area contributed by atoms with Gasteiger partial charge in [-0.05, 0) is 39.8 Å². The highest BCUT2D eigenvalue weighted by Gasteiger charge is 2.29. The third-order valence-corrected chi connectivity index (χ3v) is 3.84. The van der Waals surface area contributed by atoms with E-state index in [0.717, 1.165) is 17.0 Å². The van der Waals surface area contributed by atoms with Crippen LogP contribution in [0.2, 0.25) is 5.02 Å². The van der Waals surface area contributed by atoms with Crippen LogP contribution in [0.15, 0.2) is 12.1 Å². The van der Waals surface area contributed by atoms with Gasteiger partial charge in [-0.2, -0.15) is 0 Å². The Kier molecular flexibility index (Phi) is 9.97. The van der Waals surface area contributed by atoms with Gasteiger partial charge in [-0.1, -0.05) is 11.6 Å². The summed E-state index contributed by atoms with van der Waals surface area (Å²) in [7, 11) is 0. The number of esters is 1. The number of carboxylic acid groups (broad SMARTS) is 1. The Labute approximate surface area is 179 Å². The van der Waals surface area contributed by atoms with Crippen molar-refractivity contribution in [2.45, 2.75) is 45.9 Å². The number of carboxylic acids is 1. The fourth-order valence-corrected chi connectivity index (χ4v) is 2.54. The molecule has 1 aromatic carbocycles. The van der Waals surface area contributed by atoms with Gasteiger partial charge in [-0.25, -0.2) is 14.0 Å². The van der Waals surface area contributed by atoms with E-state index < -0.39 is 35.9 Å². The highest BCUT2D eigenvalue weighted by molar-refractivity contribution is 6.33. The highest BCUT2D eigenvalue weighted by Crippen LogP contribution is 2.26. The zero-order chi connectivity index (χ0) is 23.0. The molecule has 0 aromatic heterocycles. The van der Waals surface area contributed by atoms with Crippen molar-refractivity contribution < 1.29 is 39.1 Å². The molecule has 1 aliphatic heterocycles. The van der Waals surface area contributed by atoms with Crippen molar-refractivity contribution in [2.24, 2.45) is 0 Å². The van der Waals surface area contributed by atoms with Gasteiger partial charge in [0.2, 0.25) is 0 Å². The first-order chi connectivity index (χ1) is 13.9. The number of carbonyl (C=O) groups excluding carboxylic acids is 3. The maximum atomic E-state index is 14.1. The predicted molar refractivity (Wildman–Crippen MR) is 105 cm³/mol. The van der Waals surface area contributed by atoms with Crippen molar-refractivity contribution in [2.75, 3.05) is 25.1 Å². The van der Waals surface area contributed by atoms with E-state index in [1.807, 2.05) is 0 Å². The summed E-state index contributed by atoms with van der Waals surface area (Å²) < 4.78 is 24.1. The lowest BCUT2D eigenvalue weighted by molar-refractivity contribution is -0.407. The number of carbonyl (C=O) groups is 3. The smallest absolute Gasteiger partial charge is 0.339 e. The molecule has 1 saturated heterocycles. The molecule has 0 spiro atoms. The van der Waals surface area contributed by atoms with E-state index in [0.29, 0.717) is 6.04 Å². The van der Waals surface area contributed by atoms with Crippen molar-refractivity contribution in [1.82, 2.24) is 4.90 Å². The Morgan fingerprint density at radius 1 is 1.33 bits per heavy atom. The van der Waals surface area contributed by atoms with Gasteiger partial charge in [0.1, 0.15) is 5.82 Å². The molecular formula is C19H27ClFN3O6. The van der Waals surface area contributed by atoms with E-state index in [4.69, 9.17) is 21.1 Å². The summed E-state index contributed by atoms with van der Waals surface area (Å²) in [6.45, 7) is 7.27. The molecule has 0 bridgehead atoms. The van der Waals surface area contributed by atoms with Crippen molar-refractivity contribution in [1.29, 1.82) is 0 Å². The summed E-state index contributed by atoms with van der Waals surface area (Å²) in [6.07, 6.45) is -0.418. The fourth-order valence-electron chi connectivity index (χ4n) is 2.31. The zero-order valence-corrected chi connectivity index (χ0v) is 18.1. The van der Waals surface area contributed by atoms with E-state index in [9.17, 15) is 23.9 Å². The summed E-state index contributed by atoms with van der Waals surface area (Å²) >= 11 is 5.86. The van der Waals surface area contributed by atoms with Crippen LogP contribution in [0.1, 0.15) is 38.1 Å². The van der Waals surface area contributed by atoms with Crippen LogP contribution >= 0.6 is 11.6 Å². The second-order valence-electron chi connectivity index (χ2n) is 7.19. The molecule has 1 aromatic rings. The van der Waals surface area contributed by atoms with Crippen molar-refractivity contribution in [3.63, 3.8) is 0 Å². The molecule has 2 amide bonds. The largest absolute Gasteiger partial charge is 0.548 e. The minimum atomic E-state index is -1.49. The Morgan fingerprint density at radius 2 is 1.93 bits per heavy atom. The van der Waals surface area contributed by atoms with Gasteiger partial charge in [0, 0.05) is 6.54 Å². The molecule has 30 heavy (non-hydrogen) atoms. The zero-order valence-electron chi connectivity index (χ0n) is 17.4. The van der Waals surface area contributed by atoms with Gasteiger partial charge in [0.05, 0.1) is 53.6 Å². The standard InChI is InChI=1S/C16H18ClFN2O6.C3H9N/c1-8(2)26-15(23)9-5-12(11(18)6-10(9)17)19-16(24)20-3-4-25-7-13(20)14(21)22;1-3(2)4/h5-6,8,13H,3-4,7H2,1-2H3,(H,19,24)(H,21,22);3H,4H2,1-2H3. The molecule has 0 radical (unpaired) electrons. The number of hydrogen-bond acceptors (Lipinski definition) is 6. The van der Waals surface area contributed by atoms with Crippen LogP contribution in [0.4, 0.5) is 14.9 Å². The molecule has 0 aliphatic carbocycles. The molecule has 1 unspecified atom stereocenters. The Balaban J connectivity index is 0.00000103. The summed E-state index contributed by atoms with van der Waals surface area (Å²) in [5, 5.41) is 13.2. The maximum Gasteiger partial charge on any atom is 0.339 e. The Hall–Kier alpha value is -2.43. The summed E-state index contributed by atoms with van der Waals surface area (Å²) in [6, 6.07) is 0.315. The Bertz CT molecular complexity index is 772. The van der Waals surface area contributed by atoms with Crippen molar-refractivity contribution in [3.05, 3.63) is 28.5 Å². The quantitative estimate of drug-likeness (QED) is 0.651. The molecule has 2 rings (SSSR count). The topological polar surface area (TPSA) is 136 Å². The summed E-state index contributed by atoms with van der Waals surface area (Å²) in [4.78, 5) is 36.4. The highest BCUT2D eigenvalue weighted by atomic mass is 35.5. The molecule has 1 atom stereocenters. The monoisotopic (exact) mass is 447 g/mol. The molecule has 11 heteroatoms.